The SMILES string of the molecule is Nc1ccc(C(=O)NC(Cc2ccc(NC(=O)c3c(Cl)cccc3Cl)cc2)C(=O)O)c(Cl)c1. The normalized spacial score (nSPS) is 11.5. The van der Waals surface area contributed by atoms with Gasteiger partial charge in [-0.1, -0.05) is 53.0 Å². The van der Waals surface area contributed by atoms with Crippen molar-refractivity contribution in [2.75, 3.05) is 11.1 Å². The molecule has 33 heavy (non-hydrogen) atoms. The van der Waals surface area contributed by atoms with Gasteiger partial charge in [0, 0.05) is 17.8 Å². The lowest BCUT2D eigenvalue weighted by molar-refractivity contribution is -0.139. The van der Waals surface area contributed by atoms with E-state index in [0.717, 1.165) is 0 Å². The number of halogens is 3. The van der Waals surface area contributed by atoms with Crippen molar-refractivity contribution in [3.8, 4) is 0 Å². The third kappa shape index (κ3) is 6.16. The lowest BCUT2D eigenvalue weighted by Gasteiger charge is -2.16. The summed E-state index contributed by atoms with van der Waals surface area (Å²) in [7, 11) is 0. The third-order valence-corrected chi connectivity index (χ3v) is 5.63. The van der Waals surface area contributed by atoms with Gasteiger partial charge in [0.2, 0.25) is 0 Å². The highest BCUT2D eigenvalue weighted by Gasteiger charge is 2.22. The second kappa shape index (κ2) is 10.6. The molecule has 2 amide bonds. The summed E-state index contributed by atoms with van der Waals surface area (Å²) in [6.07, 6.45) is 0.0121. The van der Waals surface area contributed by atoms with Gasteiger partial charge in [-0.25, -0.2) is 4.79 Å². The second-order valence-electron chi connectivity index (χ2n) is 7.06. The highest BCUT2D eigenvalue weighted by Crippen LogP contribution is 2.25. The van der Waals surface area contributed by atoms with Gasteiger partial charge >= 0.3 is 5.97 Å². The van der Waals surface area contributed by atoms with E-state index in [1.807, 2.05) is 0 Å². The summed E-state index contributed by atoms with van der Waals surface area (Å²) in [5.74, 6) is -2.32. The van der Waals surface area contributed by atoms with Gasteiger partial charge in [-0.3, -0.25) is 9.59 Å². The molecule has 0 aliphatic carbocycles. The van der Waals surface area contributed by atoms with Crippen molar-refractivity contribution in [1.29, 1.82) is 0 Å². The molecule has 0 fully saturated rings. The summed E-state index contributed by atoms with van der Waals surface area (Å²) in [5, 5.41) is 15.3. The molecule has 0 heterocycles. The van der Waals surface area contributed by atoms with E-state index >= 15 is 0 Å². The van der Waals surface area contributed by atoms with Crippen LogP contribution in [0.3, 0.4) is 0 Å². The molecule has 0 aliphatic heterocycles. The van der Waals surface area contributed by atoms with Crippen LogP contribution in [0.5, 0.6) is 0 Å². The number of rotatable bonds is 7. The zero-order valence-electron chi connectivity index (χ0n) is 16.9. The van der Waals surface area contributed by atoms with Crippen molar-refractivity contribution in [2.24, 2.45) is 0 Å². The van der Waals surface area contributed by atoms with Crippen LogP contribution in [0.15, 0.2) is 60.7 Å². The number of carboxylic acid groups (broad SMARTS) is 1. The Labute approximate surface area is 204 Å². The molecule has 3 rings (SSSR count). The fraction of sp³-hybridized carbons (Fsp3) is 0.0870. The Kier molecular flexibility index (Phi) is 7.81. The average Bonchev–Trinajstić information content (AvgIpc) is 2.74. The molecule has 0 bridgehead atoms. The van der Waals surface area contributed by atoms with E-state index in [1.54, 1.807) is 42.5 Å². The van der Waals surface area contributed by atoms with Gasteiger partial charge in [-0.15, -0.1) is 0 Å². The number of nitrogen functional groups attached to an aromatic ring is 1. The number of aliphatic carboxylic acids is 1. The van der Waals surface area contributed by atoms with Crippen LogP contribution in [0, 0.1) is 0 Å². The van der Waals surface area contributed by atoms with Crippen LogP contribution in [0.1, 0.15) is 26.3 Å². The molecular weight excluding hydrogens is 489 g/mol. The van der Waals surface area contributed by atoms with Crippen LogP contribution in [-0.2, 0) is 11.2 Å². The molecule has 0 radical (unpaired) electrons. The molecule has 1 unspecified atom stereocenters. The maximum Gasteiger partial charge on any atom is 0.326 e. The number of hydrogen-bond acceptors (Lipinski definition) is 4. The quantitative estimate of drug-likeness (QED) is 0.339. The Bertz CT molecular complexity index is 1200. The van der Waals surface area contributed by atoms with Crippen molar-refractivity contribution in [1.82, 2.24) is 5.32 Å². The summed E-state index contributed by atoms with van der Waals surface area (Å²) in [5.41, 5.74) is 7.36. The first-order chi connectivity index (χ1) is 15.7. The maximum absolute atomic E-state index is 12.5. The second-order valence-corrected chi connectivity index (χ2v) is 8.28. The molecule has 1 atom stereocenters. The molecule has 0 aromatic heterocycles. The minimum atomic E-state index is -1.21. The molecule has 170 valence electrons. The van der Waals surface area contributed by atoms with Gasteiger partial charge in [0.15, 0.2) is 0 Å². The summed E-state index contributed by atoms with van der Waals surface area (Å²) in [6, 6.07) is 14.4. The van der Waals surface area contributed by atoms with Crippen LogP contribution < -0.4 is 16.4 Å². The van der Waals surface area contributed by atoms with E-state index in [-0.39, 0.29) is 32.6 Å². The Hall–Kier alpha value is -3.26. The minimum Gasteiger partial charge on any atom is -0.480 e. The monoisotopic (exact) mass is 505 g/mol. The van der Waals surface area contributed by atoms with Crippen LogP contribution in [0.4, 0.5) is 11.4 Å². The van der Waals surface area contributed by atoms with Crippen LogP contribution in [-0.4, -0.2) is 28.9 Å². The molecule has 3 aromatic carbocycles. The number of carboxylic acids is 1. The van der Waals surface area contributed by atoms with Crippen molar-refractivity contribution in [3.05, 3.63) is 92.4 Å². The van der Waals surface area contributed by atoms with Crippen LogP contribution in [0.2, 0.25) is 15.1 Å². The largest absolute Gasteiger partial charge is 0.480 e. The third-order valence-electron chi connectivity index (χ3n) is 4.68. The van der Waals surface area contributed by atoms with E-state index in [0.29, 0.717) is 16.9 Å². The summed E-state index contributed by atoms with van der Waals surface area (Å²) in [6.45, 7) is 0. The number of nitrogens with two attached hydrogens (primary N) is 1. The number of carbonyl (C=O) groups excluding carboxylic acids is 2. The minimum absolute atomic E-state index is 0.0121. The first kappa shape index (κ1) is 24.4. The fourth-order valence-electron chi connectivity index (χ4n) is 3.02. The molecule has 0 saturated heterocycles. The van der Waals surface area contributed by atoms with Crippen molar-refractivity contribution in [3.63, 3.8) is 0 Å². The zero-order valence-corrected chi connectivity index (χ0v) is 19.2. The molecule has 5 N–H and O–H groups in total. The molecule has 0 saturated carbocycles. The Balaban J connectivity index is 1.68. The Morgan fingerprint density at radius 2 is 1.52 bits per heavy atom. The first-order valence-corrected chi connectivity index (χ1v) is 10.7. The lowest BCUT2D eigenvalue weighted by Crippen LogP contribution is -2.42. The molecule has 7 nitrogen and oxygen atoms in total. The lowest BCUT2D eigenvalue weighted by atomic mass is 10.0. The number of amides is 2. The van der Waals surface area contributed by atoms with Crippen molar-refractivity contribution < 1.29 is 19.5 Å². The number of hydrogen-bond donors (Lipinski definition) is 4. The van der Waals surface area contributed by atoms with Gasteiger partial charge < -0.3 is 21.5 Å². The Morgan fingerprint density at radius 3 is 2.09 bits per heavy atom. The molecular formula is C23H18Cl3N3O4. The van der Waals surface area contributed by atoms with Crippen molar-refractivity contribution in [2.45, 2.75) is 12.5 Å². The standard InChI is InChI=1S/C23H18Cl3N3O4/c24-16-2-1-3-17(25)20(16)22(31)28-14-7-4-12(5-8-14)10-19(23(32)33)29-21(30)15-9-6-13(27)11-18(15)26/h1-9,11,19H,10,27H2,(H,28,31)(H,29,30)(H,32,33). The smallest absolute Gasteiger partial charge is 0.326 e. The van der Waals surface area contributed by atoms with Gasteiger partial charge in [0.05, 0.1) is 26.2 Å². The van der Waals surface area contributed by atoms with Crippen LogP contribution >= 0.6 is 34.8 Å². The topological polar surface area (TPSA) is 122 Å². The van der Waals surface area contributed by atoms with Crippen molar-refractivity contribution >= 4 is 64.0 Å². The van der Waals surface area contributed by atoms with Gasteiger partial charge in [0.1, 0.15) is 6.04 Å². The number of anilines is 2. The first-order valence-electron chi connectivity index (χ1n) is 9.58. The fourth-order valence-corrected chi connectivity index (χ4v) is 3.86. The van der Waals surface area contributed by atoms with E-state index in [4.69, 9.17) is 40.5 Å². The maximum atomic E-state index is 12.5. The predicted octanol–water partition coefficient (Wildman–Crippen LogP) is 4.91. The van der Waals surface area contributed by atoms with Gasteiger partial charge in [0.25, 0.3) is 11.8 Å². The van der Waals surface area contributed by atoms with E-state index in [9.17, 15) is 19.5 Å². The molecule has 10 heteroatoms. The highest BCUT2D eigenvalue weighted by molar-refractivity contribution is 6.40. The zero-order chi connectivity index (χ0) is 24.1. The van der Waals surface area contributed by atoms with Gasteiger partial charge in [-0.05, 0) is 48.0 Å². The van der Waals surface area contributed by atoms with E-state index in [2.05, 4.69) is 10.6 Å². The Morgan fingerprint density at radius 1 is 0.879 bits per heavy atom. The highest BCUT2D eigenvalue weighted by atomic mass is 35.5. The predicted molar refractivity (Wildman–Crippen MR) is 129 cm³/mol. The summed E-state index contributed by atoms with van der Waals surface area (Å²) >= 11 is 18.1. The number of carbonyl (C=O) groups is 3. The number of benzene rings is 3. The summed E-state index contributed by atoms with van der Waals surface area (Å²) in [4.78, 5) is 36.7. The molecule has 0 aliphatic rings. The van der Waals surface area contributed by atoms with Gasteiger partial charge in [-0.2, -0.15) is 0 Å². The molecule has 3 aromatic rings. The van der Waals surface area contributed by atoms with E-state index < -0.39 is 23.8 Å². The molecule has 0 spiro atoms. The van der Waals surface area contributed by atoms with E-state index in [1.165, 1.54) is 18.2 Å². The average molecular weight is 507 g/mol. The summed E-state index contributed by atoms with van der Waals surface area (Å²) < 4.78 is 0. The van der Waals surface area contributed by atoms with Crippen LogP contribution in [0.25, 0.3) is 0 Å². The number of nitrogens with one attached hydrogen (secondary N) is 2.